The normalized spacial score (nSPS) is 12.0. The fourth-order valence-electron chi connectivity index (χ4n) is 4.08. The average molecular weight is 430 g/mol. The molecule has 0 aliphatic carbocycles. The fraction of sp³-hybridized carbons (Fsp3) is 0.370. The third-order valence-corrected chi connectivity index (χ3v) is 5.80. The van der Waals surface area contributed by atoms with Crippen LogP contribution in [0.25, 0.3) is 11.1 Å². The number of nitrogens with zero attached hydrogens (tertiary/aromatic N) is 3. The zero-order valence-corrected chi connectivity index (χ0v) is 19.3. The minimum absolute atomic E-state index is 0.0697. The number of benzene rings is 2. The number of aliphatic hydroxyl groups excluding tert-OH is 1. The molecule has 0 spiro atoms. The van der Waals surface area contributed by atoms with Crippen molar-refractivity contribution in [1.29, 1.82) is 5.26 Å². The Morgan fingerprint density at radius 1 is 1.09 bits per heavy atom. The van der Waals surface area contributed by atoms with Crippen LogP contribution in [0.4, 0.5) is 0 Å². The van der Waals surface area contributed by atoms with Crippen molar-refractivity contribution >= 4 is 0 Å². The van der Waals surface area contributed by atoms with Crippen molar-refractivity contribution < 1.29 is 5.11 Å². The second-order valence-electron chi connectivity index (χ2n) is 8.43. The van der Waals surface area contributed by atoms with Gasteiger partial charge in [-0.15, -0.1) is 0 Å². The van der Waals surface area contributed by atoms with Gasteiger partial charge in [0.15, 0.2) is 0 Å². The Morgan fingerprint density at radius 3 is 2.38 bits per heavy atom. The lowest BCUT2D eigenvalue weighted by Gasteiger charge is -2.24. The Kier molecular flexibility index (Phi) is 7.61. The molecular weight excluding hydrogens is 398 g/mol. The Balaban J connectivity index is 2.05. The Bertz CT molecular complexity index is 1170. The Hall–Kier alpha value is -3.23. The molecule has 3 rings (SSSR count). The summed E-state index contributed by atoms with van der Waals surface area (Å²) in [5, 5.41) is 20.1. The minimum atomic E-state index is -0.836. The molecule has 0 amide bonds. The Labute approximate surface area is 190 Å². The van der Waals surface area contributed by atoms with E-state index in [1.807, 2.05) is 57.2 Å². The summed E-state index contributed by atoms with van der Waals surface area (Å²) in [6.07, 6.45) is 1.39. The number of aromatic nitrogens is 2. The molecule has 0 aliphatic rings. The summed E-state index contributed by atoms with van der Waals surface area (Å²) in [7, 11) is 0. The second kappa shape index (κ2) is 10.4. The second-order valence-corrected chi connectivity index (χ2v) is 8.43. The van der Waals surface area contributed by atoms with Crippen LogP contribution in [0.5, 0.6) is 0 Å². The molecule has 0 saturated heterocycles. The third-order valence-electron chi connectivity index (χ3n) is 5.80. The molecule has 1 aromatic heterocycles. The van der Waals surface area contributed by atoms with Crippen LogP contribution in [0.3, 0.4) is 0 Å². The lowest BCUT2D eigenvalue weighted by Crippen LogP contribution is -2.29. The highest BCUT2D eigenvalue weighted by Crippen LogP contribution is 2.26. The third kappa shape index (κ3) is 4.81. The van der Waals surface area contributed by atoms with E-state index in [0.29, 0.717) is 30.5 Å². The van der Waals surface area contributed by atoms with Gasteiger partial charge in [0.2, 0.25) is 0 Å². The van der Waals surface area contributed by atoms with Crippen molar-refractivity contribution in [3.05, 3.63) is 87.1 Å². The molecule has 1 N–H and O–H groups in total. The monoisotopic (exact) mass is 429 g/mol. The summed E-state index contributed by atoms with van der Waals surface area (Å²) >= 11 is 0. The van der Waals surface area contributed by atoms with Crippen LogP contribution in [-0.4, -0.2) is 14.7 Å². The molecule has 5 nitrogen and oxygen atoms in total. The standard InChI is InChI=1S/C27H31N3O2/c1-5-9-24-29-27(32)25(26(31)18(3)4)23(6-2)30(24)17-19-12-14-20(15-13-19)22-11-8-7-10-21(22)16-28/h7-8,10-15,18,26,31H,5-6,9,17H2,1-4H3. The van der Waals surface area contributed by atoms with E-state index >= 15 is 0 Å². The van der Waals surface area contributed by atoms with Gasteiger partial charge in [0, 0.05) is 18.7 Å². The highest BCUT2D eigenvalue weighted by Gasteiger charge is 2.24. The molecule has 0 bridgehead atoms. The van der Waals surface area contributed by atoms with Gasteiger partial charge in [-0.3, -0.25) is 4.79 Å². The topological polar surface area (TPSA) is 78.9 Å². The molecule has 166 valence electrons. The van der Waals surface area contributed by atoms with Gasteiger partial charge in [-0.1, -0.05) is 70.2 Å². The van der Waals surface area contributed by atoms with E-state index in [9.17, 15) is 15.2 Å². The maximum absolute atomic E-state index is 12.8. The van der Waals surface area contributed by atoms with Gasteiger partial charge < -0.3 is 9.67 Å². The van der Waals surface area contributed by atoms with Crippen molar-refractivity contribution in [2.75, 3.05) is 0 Å². The number of hydrogen-bond acceptors (Lipinski definition) is 4. The van der Waals surface area contributed by atoms with Crippen LogP contribution in [0.1, 0.15) is 68.4 Å². The highest BCUT2D eigenvalue weighted by atomic mass is 16.3. The van der Waals surface area contributed by atoms with Crippen molar-refractivity contribution in [2.24, 2.45) is 5.92 Å². The summed E-state index contributed by atoms with van der Waals surface area (Å²) in [4.78, 5) is 17.2. The van der Waals surface area contributed by atoms with Crippen molar-refractivity contribution in [1.82, 2.24) is 9.55 Å². The van der Waals surface area contributed by atoms with Gasteiger partial charge in [0.05, 0.1) is 23.3 Å². The average Bonchev–Trinajstić information content (AvgIpc) is 2.80. The van der Waals surface area contributed by atoms with Crippen LogP contribution >= 0.6 is 0 Å². The van der Waals surface area contributed by atoms with E-state index in [1.165, 1.54) is 0 Å². The van der Waals surface area contributed by atoms with E-state index in [1.54, 1.807) is 0 Å². The first-order valence-corrected chi connectivity index (χ1v) is 11.3. The maximum atomic E-state index is 12.8. The summed E-state index contributed by atoms with van der Waals surface area (Å²) in [6.45, 7) is 8.47. The van der Waals surface area contributed by atoms with Crippen LogP contribution in [-0.2, 0) is 19.4 Å². The molecule has 0 aliphatic heterocycles. The number of aliphatic hydroxyl groups is 1. The lowest BCUT2D eigenvalue weighted by atomic mass is 9.97. The Morgan fingerprint density at radius 2 is 1.78 bits per heavy atom. The van der Waals surface area contributed by atoms with E-state index in [-0.39, 0.29) is 11.5 Å². The van der Waals surface area contributed by atoms with Gasteiger partial charge in [-0.2, -0.15) is 10.2 Å². The van der Waals surface area contributed by atoms with Gasteiger partial charge >= 0.3 is 0 Å². The zero-order valence-electron chi connectivity index (χ0n) is 19.3. The quantitative estimate of drug-likeness (QED) is 0.544. The molecule has 0 radical (unpaired) electrons. The molecule has 2 aromatic carbocycles. The molecule has 3 aromatic rings. The van der Waals surface area contributed by atoms with Gasteiger partial charge in [0.25, 0.3) is 5.56 Å². The number of aryl methyl sites for hydroxylation is 1. The van der Waals surface area contributed by atoms with Gasteiger partial charge in [-0.05, 0) is 41.5 Å². The number of rotatable bonds is 8. The van der Waals surface area contributed by atoms with E-state index in [2.05, 4.69) is 34.7 Å². The predicted molar refractivity (Wildman–Crippen MR) is 127 cm³/mol. The molecular formula is C27H31N3O2. The minimum Gasteiger partial charge on any atom is -0.388 e. The highest BCUT2D eigenvalue weighted by molar-refractivity contribution is 5.70. The van der Waals surface area contributed by atoms with Gasteiger partial charge in [0.1, 0.15) is 5.82 Å². The molecule has 0 fully saturated rings. The van der Waals surface area contributed by atoms with Crippen LogP contribution in [0.15, 0.2) is 53.3 Å². The first kappa shape index (κ1) is 23.4. The lowest BCUT2D eigenvalue weighted by molar-refractivity contribution is 0.123. The van der Waals surface area contributed by atoms with E-state index < -0.39 is 6.10 Å². The molecule has 32 heavy (non-hydrogen) atoms. The largest absolute Gasteiger partial charge is 0.388 e. The summed E-state index contributed by atoms with van der Waals surface area (Å²) in [5.74, 6) is 0.688. The summed E-state index contributed by atoms with van der Waals surface area (Å²) in [6, 6.07) is 18.0. The van der Waals surface area contributed by atoms with E-state index in [0.717, 1.165) is 34.6 Å². The number of hydrogen-bond donors (Lipinski definition) is 1. The van der Waals surface area contributed by atoms with E-state index in [4.69, 9.17) is 0 Å². The molecule has 1 heterocycles. The summed E-state index contributed by atoms with van der Waals surface area (Å²) < 4.78 is 2.10. The smallest absolute Gasteiger partial charge is 0.279 e. The van der Waals surface area contributed by atoms with Gasteiger partial charge in [-0.25, -0.2) is 0 Å². The molecule has 5 heteroatoms. The first-order valence-electron chi connectivity index (χ1n) is 11.3. The number of nitriles is 1. The zero-order chi connectivity index (χ0) is 23.3. The SMILES string of the molecule is CCCc1nc(=O)c(C(O)C(C)C)c(CC)n1Cc1ccc(-c2ccccc2C#N)cc1. The van der Waals surface area contributed by atoms with Crippen LogP contribution in [0, 0.1) is 17.2 Å². The van der Waals surface area contributed by atoms with Crippen molar-refractivity contribution in [3.8, 4) is 17.2 Å². The summed E-state index contributed by atoms with van der Waals surface area (Å²) in [5.41, 5.74) is 4.59. The van der Waals surface area contributed by atoms with Crippen LogP contribution in [0.2, 0.25) is 0 Å². The predicted octanol–water partition coefficient (Wildman–Crippen LogP) is 5.03. The van der Waals surface area contributed by atoms with Crippen molar-refractivity contribution in [2.45, 2.75) is 59.6 Å². The van der Waals surface area contributed by atoms with Crippen molar-refractivity contribution in [3.63, 3.8) is 0 Å². The molecule has 1 atom stereocenters. The first-order chi connectivity index (χ1) is 15.4. The molecule has 1 unspecified atom stereocenters. The fourth-order valence-corrected chi connectivity index (χ4v) is 4.08. The molecule has 0 saturated carbocycles. The maximum Gasteiger partial charge on any atom is 0.279 e. The van der Waals surface area contributed by atoms with Crippen LogP contribution < -0.4 is 5.56 Å².